The van der Waals surface area contributed by atoms with Crippen molar-refractivity contribution in [1.29, 1.82) is 0 Å². The average Bonchev–Trinajstić information content (AvgIpc) is 2.45. The second kappa shape index (κ2) is 9.73. The molecule has 0 unspecified atom stereocenters. The maximum atomic E-state index is 12.6. The standard InChI is InChI=1S/C12H8Cl2O8S3.2Na.2H/c13-9-3-1-7(5-11(9)24(17,18)19)23(15,16)8-2-4-10(14)12(6-8)25(20,21)22;;;;/h1-6H,(H,17,18,19)(H,20,21,22);;;;. The Morgan fingerprint density at radius 3 is 1.19 bits per heavy atom. The summed E-state index contributed by atoms with van der Waals surface area (Å²) in [6.45, 7) is 0. The molecule has 0 amide bonds. The van der Waals surface area contributed by atoms with E-state index in [-0.39, 0.29) is 59.1 Å². The molecular formula is C12H10Cl2Na2O8S3. The summed E-state index contributed by atoms with van der Waals surface area (Å²) in [6.07, 6.45) is 0. The molecule has 0 aliphatic heterocycles. The third-order valence-corrected chi connectivity index (χ3v) is 7.40. The zero-order chi connectivity index (χ0) is 19.2. The van der Waals surface area contributed by atoms with Crippen LogP contribution in [-0.2, 0) is 30.1 Å². The van der Waals surface area contributed by atoms with Crippen LogP contribution in [0.15, 0.2) is 56.0 Å². The van der Waals surface area contributed by atoms with Gasteiger partial charge in [-0.15, -0.1) is 0 Å². The summed E-state index contributed by atoms with van der Waals surface area (Å²) in [4.78, 5) is -2.82. The number of benzene rings is 2. The van der Waals surface area contributed by atoms with Crippen LogP contribution in [0.3, 0.4) is 0 Å². The molecule has 2 aromatic rings. The fourth-order valence-electron chi connectivity index (χ4n) is 1.83. The van der Waals surface area contributed by atoms with E-state index in [0.717, 1.165) is 24.3 Å². The first-order valence-corrected chi connectivity index (χ1v) is 11.2. The molecule has 2 N–H and O–H groups in total. The molecule has 0 heterocycles. The Morgan fingerprint density at radius 2 is 0.926 bits per heavy atom. The summed E-state index contributed by atoms with van der Waals surface area (Å²) in [5.41, 5.74) is 0. The zero-order valence-corrected chi connectivity index (χ0v) is 15.8. The molecule has 0 saturated carbocycles. The summed E-state index contributed by atoms with van der Waals surface area (Å²) in [6, 6.07) is 5.06. The Kier molecular flexibility index (Phi) is 10.0. The van der Waals surface area contributed by atoms with Crippen molar-refractivity contribution in [3.05, 3.63) is 46.4 Å². The first-order valence-electron chi connectivity index (χ1n) is 6.04. The molecule has 27 heavy (non-hydrogen) atoms. The molecule has 0 aliphatic rings. The predicted octanol–water partition coefficient (Wildman–Crippen LogP) is 1.02. The number of hydrogen-bond donors (Lipinski definition) is 2. The van der Waals surface area contributed by atoms with Crippen LogP contribution in [0.4, 0.5) is 0 Å². The first-order chi connectivity index (χ1) is 11.2. The number of hydrogen-bond acceptors (Lipinski definition) is 6. The molecule has 2 aromatic carbocycles. The van der Waals surface area contributed by atoms with Crippen molar-refractivity contribution in [2.45, 2.75) is 19.6 Å². The second-order valence-corrected chi connectivity index (χ2v) is 10.2. The van der Waals surface area contributed by atoms with Gasteiger partial charge in [0.15, 0.2) is 0 Å². The molecule has 15 heteroatoms. The van der Waals surface area contributed by atoms with Crippen LogP contribution < -0.4 is 0 Å². The van der Waals surface area contributed by atoms with E-state index in [1.165, 1.54) is 0 Å². The number of halogens is 2. The van der Waals surface area contributed by atoms with E-state index in [0.29, 0.717) is 12.1 Å². The van der Waals surface area contributed by atoms with Crippen molar-refractivity contribution in [3.63, 3.8) is 0 Å². The molecule has 0 radical (unpaired) electrons. The van der Waals surface area contributed by atoms with Crippen molar-refractivity contribution in [1.82, 2.24) is 0 Å². The molecule has 140 valence electrons. The fraction of sp³-hybridized carbons (Fsp3) is 0. The van der Waals surface area contributed by atoms with Gasteiger partial charge in [-0.2, -0.15) is 16.8 Å². The molecule has 0 saturated heterocycles. The van der Waals surface area contributed by atoms with Crippen molar-refractivity contribution in [3.8, 4) is 0 Å². The summed E-state index contributed by atoms with van der Waals surface area (Å²) in [5, 5.41) is -0.813. The Hall–Kier alpha value is 0.790. The summed E-state index contributed by atoms with van der Waals surface area (Å²) in [5.74, 6) is 0. The van der Waals surface area contributed by atoms with E-state index in [1.54, 1.807) is 0 Å². The fourth-order valence-corrected chi connectivity index (χ4v) is 5.30. The summed E-state index contributed by atoms with van der Waals surface area (Å²) in [7, 11) is -14.0. The zero-order valence-electron chi connectivity index (χ0n) is 11.8. The predicted molar refractivity (Wildman–Crippen MR) is 102 cm³/mol. The van der Waals surface area contributed by atoms with Gasteiger partial charge < -0.3 is 0 Å². The Balaban J connectivity index is 0.00000338. The van der Waals surface area contributed by atoms with Crippen LogP contribution >= 0.6 is 23.2 Å². The van der Waals surface area contributed by atoms with Crippen molar-refractivity contribution < 1.29 is 34.4 Å². The van der Waals surface area contributed by atoms with Gasteiger partial charge in [0.05, 0.1) is 19.8 Å². The van der Waals surface area contributed by atoms with Crippen LogP contribution in [-0.4, -0.2) is 93.5 Å². The minimum atomic E-state index is -4.79. The maximum absolute atomic E-state index is 12.6. The Morgan fingerprint density at radius 1 is 0.630 bits per heavy atom. The van der Waals surface area contributed by atoms with Crippen LogP contribution in [0.1, 0.15) is 0 Å². The van der Waals surface area contributed by atoms with Gasteiger partial charge in [0, 0.05) is 0 Å². The van der Waals surface area contributed by atoms with E-state index in [4.69, 9.17) is 32.3 Å². The van der Waals surface area contributed by atoms with Crippen molar-refractivity contribution in [2.75, 3.05) is 0 Å². The van der Waals surface area contributed by atoms with Gasteiger partial charge in [-0.3, -0.25) is 9.11 Å². The molecule has 0 bridgehead atoms. The van der Waals surface area contributed by atoms with Crippen LogP contribution in [0.5, 0.6) is 0 Å². The molecule has 2 rings (SSSR count). The van der Waals surface area contributed by atoms with E-state index in [2.05, 4.69) is 0 Å². The van der Waals surface area contributed by atoms with E-state index in [9.17, 15) is 25.3 Å². The van der Waals surface area contributed by atoms with Gasteiger partial charge in [0.25, 0.3) is 20.2 Å². The van der Waals surface area contributed by atoms with Crippen molar-refractivity contribution in [2.24, 2.45) is 0 Å². The molecule has 0 spiro atoms. The minimum absolute atomic E-state index is 0. The summed E-state index contributed by atoms with van der Waals surface area (Å²) < 4.78 is 88.3. The average molecular weight is 495 g/mol. The second-order valence-electron chi connectivity index (χ2n) is 4.64. The van der Waals surface area contributed by atoms with Gasteiger partial charge in [-0.25, -0.2) is 8.42 Å². The third-order valence-electron chi connectivity index (χ3n) is 2.98. The normalized spacial score (nSPS) is 12.0. The van der Waals surface area contributed by atoms with Crippen LogP contribution in [0.2, 0.25) is 10.0 Å². The van der Waals surface area contributed by atoms with E-state index >= 15 is 0 Å². The number of sulfone groups is 1. The molecule has 0 aromatic heterocycles. The van der Waals surface area contributed by atoms with Crippen molar-refractivity contribution >= 4 is 112 Å². The van der Waals surface area contributed by atoms with Gasteiger partial charge in [0.2, 0.25) is 9.84 Å². The molecule has 0 fully saturated rings. The van der Waals surface area contributed by atoms with Crippen LogP contribution in [0, 0.1) is 0 Å². The molecule has 0 atom stereocenters. The molecular weight excluding hydrogens is 485 g/mol. The molecule has 0 aliphatic carbocycles. The quantitative estimate of drug-likeness (QED) is 0.473. The van der Waals surface area contributed by atoms with Gasteiger partial charge >= 0.3 is 59.1 Å². The Bertz CT molecular complexity index is 1090. The van der Waals surface area contributed by atoms with Crippen LogP contribution in [0.25, 0.3) is 0 Å². The summed E-state index contributed by atoms with van der Waals surface area (Å²) >= 11 is 11.2. The van der Waals surface area contributed by atoms with Gasteiger partial charge in [-0.05, 0) is 36.4 Å². The topological polar surface area (TPSA) is 143 Å². The molecule has 8 nitrogen and oxygen atoms in total. The van der Waals surface area contributed by atoms with Gasteiger partial charge in [-0.1, -0.05) is 23.2 Å². The first kappa shape index (κ1) is 27.8. The monoisotopic (exact) mass is 494 g/mol. The van der Waals surface area contributed by atoms with E-state index < -0.39 is 59.7 Å². The van der Waals surface area contributed by atoms with Gasteiger partial charge in [0.1, 0.15) is 9.79 Å². The van der Waals surface area contributed by atoms with E-state index in [1.807, 2.05) is 0 Å². The number of rotatable bonds is 4. The SMILES string of the molecule is O=S(=O)(O)c1cc(S(=O)(=O)c2ccc(Cl)c(S(=O)(=O)O)c2)ccc1Cl.[NaH].[NaH]. The Labute approximate surface area is 210 Å². The third kappa shape index (κ3) is 6.38.